The molecule has 0 amide bonds. The average molecular weight is 612 g/mol. The summed E-state index contributed by atoms with van der Waals surface area (Å²) in [5, 5.41) is 11.9. The van der Waals surface area contributed by atoms with E-state index in [-0.39, 0.29) is 0 Å². The van der Waals surface area contributed by atoms with Crippen LogP contribution in [0.4, 0.5) is 17.1 Å². The Labute approximate surface area is 277 Å². The Morgan fingerprint density at radius 2 is 0.958 bits per heavy atom. The lowest BCUT2D eigenvalue weighted by Gasteiger charge is -2.28. The van der Waals surface area contributed by atoms with Crippen LogP contribution in [0.1, 0.15) is 0 Å². The number of anilines is 3. The highest BCUT2D eigenvalue weighted by atomic mass is 16.3. The molecule has 0 radical (unpaired) electrons. The minimum atomic E-state index is 0.870. The molecule has 224 valence electrons. The topological polar surface area (TPSA) is 16.4 Å². The van der Waals surface area contributed by atoms with E-state index >= 15 is 0 Å². The van der Waals surface area contributed by atoms with Crippen molar-refractivity contribution in [1.29, 1.82) is 0 Å². The van der Waals surface area contributed by atoms with E-state index in [1.54, 1.807) is 0 Å². The molecule has 9 aromatic carbocycles. The molecule has 0 fully saturated rings. The van der Waals surface area contributed by atoms with E-state index in [9.17, 15) is 0 Å². The van der Waals surface area contributed by atoms with Crippen LogP contribution in [0.5, 0.6) is 0 Å². The maximum Gasteiger partial charge on any atom is 0.159 e. The maximum atomic E-state index is 6.88. The van der Waals surface area contributed by atoms with Gasteiger partial charge in [0.15, 0.2) is 5.58 Å². The molecule has 0 unspecified atom stereocenters. The van der Waals surface area contributed by atoms with Crippen molar-refractivity contribution in [2.75, 3.05) is 4.90 Å². The summed E-state index contributed by atoms with van der Waals surface area (Å²) in [6.45, 7) is 0. The first-order valence-electron chi connectivity index (χ1n) is 16.4. The van der Waals surface area contributed by atoms with Crippen molar-refractivity contribution in [3.05, 3.63) is 176 Å². The lowest BCUT2D eigenvalue weighted by atomic mass is 9.95. The molecule has 0 bridgehead atoms. The Kier molecular flexibility index (Phi) is 5.91. The van der Waals surface area contributed by atoms with Crippen molar-refractivity contribution in [2.45, 2.75) is 0 Å². The summed E-state index contributed by atoms with van der Waals surface area (Å²) in [6.07, 6.45) is 0. The summed E-state index contributed by atoms with van der Waals surface area (Å²) in [7, 11) is 0. The quantitative estimate of drug-likeness (QED) is 0.184. The lowest BCUT2D eigenvalue weighted by Crippen LogP contribution is -2.11. The minimum absolute atomic E-state index is 0.870. The third kappa shape index (κ3) is 4.13. The van der Waals surface area contributed by atoms with E-state index in [1.807, 2.05) is 0 Å². The zero-order valence-electron chi connectivity index (χ0n) is 26.1. The summed E-state index contributed by atoms with van der Waals surface area (Å²) in [6, 6.07) is 63.3. The number of benzene rings is 9. The van der Waals surface area contributed by atoms with Gasteiger partial charge in [-0.05, 0) is 85.2 Å². The summed E-state index contributed by atoms with van der Waals surface area (Å²) in [4.78, 5) is 2.41. The van der Waals surface area contributed by atoms with Crippen LogP contribution in [-0.4, -0.2) is 0 Å². The van der Waals surface area contributed by atoms with Crippen molar-refractivity contribution < 1.29 is 4.42 Å². The molecule has 10 aromatic rings. The van der Waals surface area contributed by atoms with Gasteiger partial charge in [-0.1, -0.05) is 140 Å². The molecule has 0 saturated carbocycles. The van der Waals surface area contributed by atoms with Crippen LogP contribution < -0.4 is 4.90 Å². The molecule has 48 heavy (non-hydrogen) atoms. The smallest absolute Gasteiger partial charge is 0.159 e. The summed E-state index contributed by atoms with van der Waals surface area (Å²) >= 11 is 0. The number of nitrogens with zero attached hydrogens (tertiary/aromatic N) is 1. The SMILES string of the molecule is c1ccc(-c2cc(N(c3cc4ccccc4c4ccccc34)c3cccc4c3oc3cc5ccccc5cc34)cc3ccccc23)cc1. The monoisotopic (exact) mass is 611 g/mol. The summed E-state index contributed by atoms with van der Waals surface area (Å²) < 4.78 is 6.88. The van der Waals surface area contributed by atoms with Crippen LogP contribution in [0.3, 0.4) is 0 Å². The number of hydrogen-bond acceptors (Lipinski definition) is 2. The van der Waals surface area contributed by atoms with Crippen molar-refractivity contribution >= 4 is 82.1 Å². The molecular weight excluding hydrogens is 583 g/mol. The molecule has 0 N–H and O–H groups in total. The molecule has 0 aliphatic carbocycles. The van der Waals surface area contributed by atoms with E-state index in [0.29, 0.717) is 0 Å². The molecule has 2 nitrogen and oxygen atoms in total. The maximum absolute atomic E-state index is 6.88. The number of rotatable bonds is 4. The van der Waals surface area contributed by atoms with Gasteiger partial charge in [-0.25, -0.2) is 0 Å². The highest BCUT2D eigenvalue weighted by Gasteiger charge is 2.23. The van der Waals surface area contributed by atoms with Crippen molar-refractivity contribution in [3.8, 4) is 11.1 Å². The fourth-order valence-corrected chi connectivity index (χ4v) is 7.55. The molecule has 0 aliphatic rings. The van der Waals surface area contributed by atoms with Gasteiger partial charge in [0.1, 0.15) is 5.58 Å². The van der Waals surface area contributed by atoms with Gasteiger partial charge in [0.25, 0.3) is 0 Å². The van der Waals surface area contributed by atoms with E-state index in [1.165, 1.54) is 54.2 Å². The standard InChI is InChI=1S/C46H29NO/c1-2-13-30(14-3-1)41-29-35(25-33-17-6-9-20-37(33)41)47(44-27-34-18-7-8-19-36(34)38-21-10-11-22-39(38)44)43-24-12-23-40-42-26-31-15-4-5-16-32(31)28-45(42)48-46(40)43/h1-29H. The molecule has 10 rings (SSSR count). The molecular formula is C46H29NO. The second-order valence-corrected chi connectivity index (χ2v) is 12.5. The van der Waals surface area contributed by atoms with Crippen molar-refractivity contribution in [3.63, 3.8) is 0 Å². The van der Waals surface area contributed by atoms with Gasteiger partial charge in [0.05, 0.1) is 11.4 Å². The van der Waals surface area contributed by atoms with E-state index in [2.05, 4.69) is 181 Å². The second kappa shape index (κ2) is 10.6. The van der Waals surface area contributed by atoms with Crippen LogP contribution in [0.25, 0.3) is 76.2 Å². The van der Waals surface area contributed by atoms with Gasteiger partial charge in [0.2, 0.25) is 0 Å². The van der Waals surface area contributed by atoms with Crippen LogP contribution in [-0.2, 0) is 0 Å². The minimum Gasteiger partial charge on any atom is -0.454 e. The number of hydrogen-bond donors (Lipinski definition) is 0. The zero-order chi connectivity index (χ0) is 31.6. The first-order chi connectivity index (χ1) is 23.8. The van der Waals surface area contributed by atoms with Crippen molar-refractivity contribution in [1.82, 2.24) is 0 Å². The van der Waals surface area contributed by atoms with Crippen LogP contribution in [0.2, 0.25) is 0 Å². The Balaban J connectivity index is 1.34. The van der Waals surface area contributed by atoms with Crippen LogP contribution >= 0.6 is 0 Å². The molecule has 1 aromatic heterocycles. The van der Waals surface area contributed by atoms with Gasteiger partial charge < -0.3 is 9.32 Å². The van der Waals surface area contributed by atoms with E-state index in [0.717, 1.165) is 39.0 Å². The zero-order valence-corrected chi connectivity index (χ0v) is 26.1. The Morgan fingerprint density at radius 1 is 0.354 bits per heavy atom. The summed E-state index contributed by atoms with van der Waals surface area (Å²) in [5.74, 6) is 0. The second-order valence-electron chi connectivity index (χ2n) is 12.5. The average Bonchev–Trinajstić information content (AvgIpc) is 3.52. The van der Waals surface area contributed by atoms with Gasteiger partial charge in [-0.2, -0.15) is 0 Å². The summed E-state index contributed by atoms with van der Waals surface area (Å²) in [5.41, 5.74) is 7.33. The fourth-order valence-electron chi connectivity index (χ4n) is 7.55. The molecule has 0 spiro atoms. The fraction of sp³-hybridized carbons (Fsp3) is 0. The molecule has 1 heterocycles. The Bertz CT molecular complexity index is 2850. The molecule has 2 heteroatoms. The first-order valence-corrected chi connectivity index (χ1v) is 16.4. The lowest BCUT2D eigenvalue weighted by molar-refractivity contribution is 0.669. The molecule has 0 saturated heterocycles. The van der Waals surface area contributed by atoms with Gasteiger partial charge in [-0.3, -0.25) is 0 Å². The number of para-hydroxylation sites is 1. The predicted molar refractivity (Wildman–Crippen MR) is 204 cm³/mol. The van der Waals surface area contributed by atoms with E-state index in [4.69, 9.17) is 4.42 Å². The Morgan fingerprint density at radius 3 is 1.75 bits per heavy atom. The van der Waals surface area contributed by atoms with Crippen LogP contribution in [0.15, 0.2) is 180 Å². The van der Waals surface area contributed by atoms with Gasteiger partial charge in [-0.15, -0.1) is 0 Å². The van der Waals surface area contributed by atoms with E-state index < -0.39 is 0 Å². The van der Waals surface area contributed by atoms with Gasteiger partial charge in [0, 0.05) is 21.8 Å². The largest absolute Gasteiger partial charge is 0.454 e. The first kappa shape index (κ1) is 26.8. The highest BCUT2D eigenvalue weighted by molar-refractivity contribution is 6.18. The number of furan rings is 1. The third-order valence-electron chi connectivity index (χ3n) is 9.76. The van der Waals surface area contributed by atoms with Gasteiger partial charge >= 0.3 is 0 Å². The normalized spacial score (nSPS) is 11.8. The molecule has 0 atom stereocenters. The third-order valence-corrected chi connectivity index (χ3v) is 9.76. The van der Waals surface area contributed by atoms with Crippen LogP contribution in [0, 0.1) is 0 Å². The molecule has 0 aliphatic heterocycles. The Hall–Kier alpha value is -6.38. The number of fused-ring (bicyclic) bond motifs is 8. The highest BCUT2D eigenvalue weighted by Crippen LogP contribution is 2.47. The predicted octanol–water partition coefficient (Wildman–Crippen LogP) is 13.3. The van der Waals surface area contributed by atoms with Crippen molar-refractivity contribution in [2.24, 2.45) is 0 Å².